The van der Waals surface area contributed by atoms with Gasteiger partial charge in [0.2, 0.25) is 0 Å². The van der Waals surface area contributed by atoms with E-state index in [1.807, 2.05) is 24.3 Å². The van der Waals surface area contributed by atoms with Crippen LogP contribution in [0.2, 0.25) is 0 Å². The molecular formula is C25H25N3OS2. The normalized spacial score (nSPS) is 10.9. The van der Waals surface area contributed by atoms with Crippen LogP contribution in [0.5, 0.6) is 5.75 Å². The van der Waals surface area contributed by atoms with Gasteiger partial charge in [0.1, 0.15) is 11.6 Å². The van der Waals surface area contributed by atoms with Crippen LogP contribution in [0.25, 0.3) is 5.69 Å². The maximum absolute atomic E-state index is 5.96. The quantitative estimate of drug-likeness (QED) is 0.221. The molecule has 1 aromatic heterocycles. The molecule has 6 heteroatoms. The number of rotatable bonds is 9. The first-order valence-corrected chi connectivity index (χ1v) is 12.2. The maximum Gasteiger partial charge on any atom is 0.195 e. The van der Waals surface area contributed by atoms with E-state index in [4.69, 9.17) is 4.74 Å². The van der Waals surface area contributed by atoms with E-state index in [0.717, 1.165) is 33.9 Å². The summed E-state index contributed by atoms with van der Waals surface area (Å²) in [5, 5.41) is 9.87. The van der Waals surface area contributed by atoms with Gasteiger partial charge < -0.3 is 4.74 Å². The minimum absolute atomic E-state index is 0.614. The van der Waals surface area contributed by atoms with Gasteiger partial charge in [-0.25, -0.2) is 0 Å². The zero-order chi connectivity index (χ0) is 21.5. The van der Waals surface area contributed by atoms with Crippen molar-refractivity contribution >= 4 is 23.5 Å². The van der Waals surface area contributed by atoms with Gasteiger partial charge in [-0.05, 0) is 61.4 Å². The summed E-state index contributed by atoms with van der Waals surface area (Å²) in [5.74, 6) is 3.41. The number of ether oxygens (including phenoxy) is 1. The van der Waals surface area contributed by atoms with Crippen molar-refractivity contribution in [3.05, 3.63) is 95.8 Å². The molecule has 0 saturated carbocycles. The summed E-state index contributed by atoms with van der Waals surface area (Å²) in [4.78, 5) is 1.22. The molecule has 4 nitrogen and oxygen atoms in total. The van der Waals surface area contributed by atoms with Crippen LogP contribution in [0.15, 0.2) is 88.9 Å². The van der Waals surface area contributed by atoms with E-state index in [-0.39, 0.29) is 0 Å². The Bertz CT molecular complexity index is 1090. The summed E-state index contributed by atoms with van der Waals surface area (Å²) in [7, 11) is 0. The van der Waals surface area contributed by atoms with Crippen molar-refractivity contribution < 1.29 is 4.74 Å². The van der Waals surface area contributed by atoms with Crippen molar-refractivity contribution in [2.24, 2.45) is 0 Å². The van der Waals surface area contributed by atoms with Gasteiger partial charge in [-0.1, -0.05) is 54.2 Å². The van der Waals surface area contributed by atoms with Crippen LogP contribution < -0.4 is 4.74 Å². The molecule has 0 spiro atoms. The largest absolute Gasteiger partial charge is 0.493 e. The number of aryl methyl sites for hydroxylation is 2. The molecule has 1 heterocycles. The fourth-order valence-electron chi connectivity index (χ4n) is 3.30. The van der Waals surface area contributed by atoms with Crippen LogP contribution in [-0.2, 0) is 5.75 Å². The highest BCUT2D eigenvalue weighted by atomic mass is 32.2. The van der Waals surface area contributed by atoms with Gasteiger partial charge in [0.15, 0.2) is 5.16 Å². The van der Waals surface area contributed by atoms with E-state index in [9.17, 15) is 0 Å². The second-order valence-electron chi connectivity index (χ2n) is 7.19. The van der Waals surface area contributed by atoms with Crippen molar-refractivity contribution in [2.45, 2.75) is 29.7 Å². The summed E-state index contributed by atoms with van der Waals surface area (Å²) < 4.78 is 8.11. The molecule has 0 radical (unpaired) electrons. The summed E-state index contributed by atoms with van der Waals surface area (Å²) in [6.07, 6.45) is 0. The summed E-state index contributed by atoms with van der Waals surface area (Å²) >= 11 is 3.43. The Morgan fingerprint density at radius 1 is 0.806 bits per heavy atom. The predicted molar refractivity (Wildman–Crippen MR) is 129 cm³/mol. The SMILES string of the molecule is Cc1cc(C)cc(OCCSc2nnc(CSc3ccccc3)n2-c2ccccc2)c1. The third kappa shape index (κ3) is 5.93. The van der Waals surface area contributed by atoms with Crippen molar-refractivity contribution in [2.75, 3.05) is 12.4 Å². The first-order chi connectivity index (χ1) is 15.2. The van der Waals surface area contributed by atoms with Gasteiger partial charge in [0.25, 0.3) is 0 Å². The third-order valence-corrected chi connectivity index (χ3v) is 6.51. The average Bonchev–Trinajstić information content (AvgIpc) is 3.19. The second kappa shape index (κ2) is 10.6. The van der Waals surface area contributed by atoms with Crippen LogP contribution in [0, 0.1) is 13.8 Å². The standard InChI is InChI=1S/C25H25N3OS2/c1-19-15-20(2)17-22(16-19)29-13-14-30-25-27-26-24(18-31-23-11-7-4-8-12-23)28(25)21-9-5-3-6-10-21/h3-12,15-17H,13-14,18H2,1-2H3. The van der Waals surface area contributed by atoms with Crippen molar-refractivity contribution in [1.82, 2.24) is 14.8 Å². The molecule has 0 unspecified atom stereocenters. The molecular weight excluding hydrogens is 422 g/mol. The van der Waals surface area contributed by atoms with Gasteiger partial charge in [-0.2, -0.15) is 0 Å². The third-order valence-electron chi connectivity index (χ3n) is 4.60. The number of hydrogen-bond acceptors (Lipinski definition) is 5. The Hall–Kier alpha value is -2.70. The van der Waals surface area contributed by atoms with Crippen LogP contribution in [-0.4, -0.2) is 27.1 Å². The molecule has 4 rings (SSSR count). The minimum Gasteiger partial charge on any atom is -0.493 e. The van der Waals surface area contributed by atoms with Crippen LogP contribution in [0.3, 0.4) is 0 Å². The Morgan fingerprint density at radius 3 is 2.19 bits per heavy atom. The summed E-state index contributed by atoms with van der Waals surface area (Å²) in [6.45, 7) is 4.79. The topological polar surface area (TPSA) is 39.9 Å². The number of benzene rings is 3. The number of hydrogen-bond donors (Lipinski definition) is 0. The Labute approximate surface area is 192 Å². The highest BCUT2D eigenvalue weighted by Crippen LogP contribution is 2.27. The molecule has 4 aromatic rings. The smallest absolute Gasteiger partial charge is 0.195 e. The van der Waals surface area contributed by atoms with Crippen LogP contribution in [0.4, 0.5) is 0 Å². The highest BCUT2D eigenvalue weighted by Gasteiger charge is 2.15. The van der Waals surface area contributed by atoms with Crippen LogP contribution >= 0.6 is 23.5 Å². The molecule has 0 atom stereocenters. The fraction of sp³-hybridized carbons (Fsp3) is 0.200. The fourth-order valence-corrected chi connectivity index (χ4v) is 4.92. The molecule has 0 aliphatic carbocycles. The molecule has 0 amide bonds. The Kier molecular flexibility index (Phi) is 7.33. The molecule has 3 aromatic carbocycles. The molecule has 0 saturated heterocycles. The van der Waals surface area contributed by atoms with E-state index in [1.54, 1.807) is 23.5 Å². The van der Waals surface area contributed by atoms with Crippen molar-refractivity contribution in [1.29, 1.82) is 0 Å². The molecule has 31 heavy (non-hydrogen) atoms. The first kappa shape index (κ1) is 21.5. The van der Waals surface area contributed by atoms with Gasteiger partial charge in [-0.15, -0.1) is 22.0 Å². The zero-order valence-corrected chi connectivity index (χ0v) is 19.3. The molecule has 158 valence electrons. The highest BCUT2D eigenvalue weighted by molar-refractivity contribution is 7.99. The van der Waals surface area contributed by atoms with E-state index in [0.29, 0.717) is 6.61 Å². The number of aromatic nitrogens is 3. The van der Waals surface area contributed by atoms with E-state index in [1.165, 1.54) is 16.0 Å². The van der Waals surface area contributed by atoms with E-state index >= 15 is 0 Å². The second-order valence-corrected chi connectivity index (χ2v) is 9.30. The van der Waals surface area contributed by atoms with Gasteiger partial charge in [0, 0.05) is 16.3 Å². The monoisotopic (exact) mass is 447 g/mol. The van der Waals surface area contributed by atoms with Gasteiger partial charge >= 0.3 is 0 Å². The summed E-state index contributed by atoms with van der Waals surface area (Å²) in [5.41, 5.74) is 3.51. The van der Waals surface area contributed by atoms with Gasteiger partial charge in [0.05, 0.1) is 12.4 Å². The molecule has 0 bridgehead atoms. The molecule has 0 fully saturated rings. The van der Waals surface area contributed by atoms with Crippen molar-refractivity contribution in [3.63, 3.8) is 0 Å². The van der Waals surface area contributed by atoms with Gasteiger partial charge in [-0.3, -0.25) is 4.57 Å². The lowest BCUT2D eigenvalue weighted by Gasteiger charge is -2.11. The van der Waals surface area contributed by atoms with Crippen LogP contribution in [0.1, 0.15) is 17.0 Å². The minimum atomic E-state index is 0.614. The Morgan fingerprint density at radius 2 is 1.48 bits per heavy atom. The first-order valence-electron chi connectivity index (χ1n) is 10.2. The van der Waals surface area contributed by atoms with E-state index in [2.05, 4.69) is 83.2 Å². The molecule has 0 N–H and O–H groups in total. The Balaban J connectivity index is 1.44. The lowest BCUT2D eigenvalue weighted by molar-refractivity contribution is 0.343. The molecule has 0 aliphatic rings. The number of nitrogens with zero attached hydrogens (tertiary/aromatic N) is 3. The lowest BCUT2D eigenvalue weighted by Crippen LogP contribution is -2.04. The average molecular weight is 448 g/mol. The number of para-hydroxylation sites is 1. The summed E-state index contributed by atoms with van der Waals surface area (Å²) in [6, 6.07) is 27.0. The predicted octanol–water partition coefficient (Wildman–Crippen LogP) is 6.35. The molecule has 0 aliphatic heterocycles. The lowest BCUT2D eigenvalue weighted by atomic mass is 10.1. The van der Waals surface area contributed by atoms with E-state index < -0.39 is 0 Å². The maximum atomic E-state index is 5.96. The number of thioether (sulfide) groups is 2. The zero-order valence-electron chi connectivity index (χ0n) is 17.7. The van der Waals surface area contributed by atoms with Crippen molar-refractivity contribution in [3.8, 4) is 11.4 Å².